The van der Waals surface area contributed by atoms with Crippen LogP contribution in [0.25, 0.3) is 0 Å². The second-order valence-corrected chi connectivity index (χ2v) is 8.60. The van der Waals surface area contributed by atoms with E-state index in [2.05, 4.69) is 14.8 Å². The van der Waals surface area contributed by atoms with Gasteiger partial charge < -0.3 is 14.8 Å². The maximum absolute atomic E-state index is 12.5. The molecule has 1 atom stereocenters. The molecule has 0 saturated heterocycles. The molecule has 2 N–H and O–H groups in total. The van der Waals surface area contributed by atoms with Crippen molar-refractivity contribution < 1.29 is 40.7 Å². The van der Waals surface area contributed by atoms with Crippen LogP contribution in [0.3, 0.4) is 0 Å². The Kier molecular flexibility index (Phi) is 8.22. The summed E-state index contributed by atoms with van der Waals surface area (Å²) in [6.45, 7) is 2.48. The number of carbonyl (C=O) groups excluding carboxylic acids is 2. The van der Waals surface area contributed by atoms with Gasteiger partial charge in [-0.25, -0.2) is 8.42 Å². The minimum atomic E-state index is -4.84. The summed E-state index contributed by atoms with van der Waals surface area (Å²) in [7, 11) is -4.00. The van der Waals surface area contributed by atoms with E-state index in [1.165, 1.54) is 36.4 Å². The lowest BCUT2D eigenvalue weighted by Crippen LogP contribution is -2.45. The first kappa shape index (κ1) is 25.1. The number of esters is 1. The third kappa shape index (κ3) is 7.85. The molecule has 0 aliphatic carbocycles. The maximum atomic E-state index is 12.5. The third-order valence-electron chi connectivity index (χ3n) is 3.97. The predicted molar refractivity (Wildman–Crippen MR) is 108 cm³/mol. The second-order valence-electron chi connectivity index (χ2n) is 6.88. The summed E-state index contributed by atoms with van der Waals surface area (Å²) < 4.78 is 72.3. The summed E-state index contributed by atoms with van der Waals surface area (Å²) in [4.78, 5) is 24.3. The second kappa shape index (κ2) is 10.5. The molecule has 0 spiro atoms. The number of hydrogen-bond donors (Lipinski definition) is 2. The number of halogens is 3. The number of carbonyl (C=O) groups is 2. The predicted octanol–water partition coefficient (Wildman–Crippen LogP) is 3.07. The Hall–Kier alpha value is -3.12. The number of hydrogen-bond acceptors (Lipinski definition) is 6. The first-order chi connectivity index (χ1) is 14.9. The molecule has 0 fully saturated rings. The van der Waals surface area contributed by atoms with Crippen molar-refractivity contribution >= 4 is 27.6 Å². The standard InChI is InChI=1S/C20H21F3N2O6S/c1-13(2)18(25-32(28,29)16-6-4-3-5-7-16)19(27)30-12-17(26)24-14-8-10-15(11-9-14)31-20(21,22)23/h3-11,13,18,25H,12H2,1-2H3,(H,24,26)/t18-/m1/s1. The van der Waals surface area contributed by atoms with E-state index in [4.69, 9.17) is 4.74 Å². The van der Waals surface area contributed by atoms with E-state index in [0.29, 0.717) is 0 Å². The van der Waals surface area contributed by atoms with Crippen LogP contribution in [0.15, 0.2) is 59.5 Å². The van der Waals surface area contributed by atoms with Crippen molar-refractivity contribution in [1.29, 1.82) is 0 Å². The first-order valence-electron chi connectivity index (χ1n) is 9.27. The summed E-state index contributed by atoms with van der Waals surface area (Å²) in [6.07, 6.45) is -4.84. The van der Waals surface area contributed by atoms with Gasteiger partial charge in [0.2, 0.25) is 10.0 Å². The molecule has 0 radical (unpaired) electrons. The summed E-state index contributed by atoms with van der Waals surface area (Å²) in [5.74, 6) is -2.67. The molecule has 2 aromatic rings. The monoisotopic (exact) mass is 474 g/mol. The molecule has 32 heavy (non-hydrogen) atoms. The van der Waals surface area contributed by atoms with Crippen LogP contribution in [0, 0.1) is 5.92 Å². The van der Waals surface area contributed by atoms with E-state index in [-0.39, 0.29) is 10.6 Å². The fourth-order valence-corrected chi connectivity index (χ4v) is 3.81. The Morgan fingerprint density at radius 2 is 1.59 bits per heavy atom. The van der Waals surface area contributed by atoms with Crippen molar-refractivity contribution in [3.63, 3.8) is 0 Å². The van der Waals surface area contributed by atoms with Crippen molar-refractivity contribution in [3.05, 3.63) is 54.6 Å². The molecule has 174 valence electrons. The molecule has 0 aliphatic heterocycles. The molecule has 0 heterocycles. The summed E-state index contributed by atoms with van der Waals surface area (Å²) in [5.41, 5.74) is 0.144. The Morgan fingerprint density at radius 1 is 1.00 bits per heavy atom. The molecule has 8 nitrogen and oxygen atoms in total. The number of sulfonamides is 1. The van der Waals surface area contributed by atoms with Crippen LogP contribution < -0.4 is 14.8 Å². The fourth-order valence-electron chi connectivity index (χ4n) is 2.45. The van der Waals surface area contributed by atoms with Crippen LogP contribution in [0.2, 0.25) is 0 Å². The zero-order valence-electron chi connectivity index (χ0n) is 17.0. The zero-order chi connectivity index (χ0) is 23.9. The van der Waals surface area contributed by atoms with Gasteiger partial charge in [-0.1, -0.05) is 32.0 Å². The van der Waals surface area contributed by atoms with Crippen LogP contribution in [0.5, 0.6) is 5.75 Å². The number of amides is 1. The number of ether oxygens (including phenoxy) is 2. The topological polar surface area (TPSA) is 111 Å². The number of rotatable bonds is 9. The largest absolute Gasteiger partial charge is 0.573 e. The van der Waals surface area contributed by atoms with E-state index in [0.717, 1.165) is 12.1 Å². The lowest BCUT2D eigenvalue weighted by atomic mass is 10.1. The average Bonchev–Trinajstić information content (AvgIpc) is 2.71. The Bertz CT molecular complexity index is 1030. The fraction of sp³-hybridized carbons (Fsp3) is 0.300. The minimum absolute atomic E-state index is 0.0332. The molecule has 2 rings (SSSR count). The number of nitrogens with one attached hydrogen (secondary N) is 2. The van der Waals surface area contributed by atoms with Gasteiger partial charge in [-0.15, -0.1) is 13.2 Å². The van der Waals surface area contributed by atoms with E-state index in [1.54, 1.807) is 19.9 Å². The van der Waals surface area contributed by atoms with Gasteiger partial charge in [-0.3, -0.25) is 9.59 Å². The molecular weight excluding hydrogens is 453 g/mol. The van der Waals surface area contributed by atoms with Gasteiger partial charge in [0.1, 0.15) is 11.8 Å². The van der Waals surface area contributed by atoms with Crippen LogP contribution in [-0.2, 0) is 24.3 Å². The molecule has 0 aromatic heterocycles. The average molecular weight is 474 g/mol. The molecule has 0 unspecified atom stereocenters. The molecule has 2 aromatic carbocycles. The van der Waals surface area contributed by atoms with Gasteiger partial charge in [0.05, 0.1) is 4.90 Å². The third-order valence-corrected chi connectivity index (χ3v) is 5.43. The molecular formula is C20H21F3N2O6S. The maximum Gasteiger partial charge on any atom is 0.573 e. The number of alkyl halides is 3. The van der Waals surface area contributed by atoms with Crippen molar-refractivity contribution in [2.45, 2.75) is 31.1 Å². The SMILES string of the molecule is CC(C)[C@@H](NS(=O)(=O)c1ccccc1)C(=O)OCC(=O)Nc1ccc(OC(F)(F)F)cc1. The highest BCUT2D eigenvalue weighted by Gasteiger charge is 2.31. The van der Waals surface area contributed by atoms with Crippen molar-refractivity contribution in [1.82, 2.24) is 4.72 Å². The molecule has 12 heteroatoms. The Balaban J connectivity index is 1.93. The van der Waals surface area contributed by atoms with Gasteiger partial charge in [-0.05, 0) is 42.3 Å². The van der Waals surface area contributed by atoms with Crippen LogP contribution in [0.1, 0.15) is 13.8 Å². The minimum Gasteiger partial charge on any atom is -0.454 e. The molecule has 0 saturated carbocycles. The van der Waals surface area contributed by atoms with E-state index in [1.807, 2.05) is 0 Å². The highest BCUT2D eigenvalue weighted by molar-refractivity contribution is 7.89. The van der Waals surface area contributed by atoms with Crippen molar-refractivity contribution in [2.75, 3.05) is 11.9 Å². The van der Waals surface area contributed by atoms with Gasteiger partial charge in [0, 0.05) is 5.69 Å². The number of anilines is 1. The summed E-state index contributed by atoms with van der Waals surface area (Å²) >= 11 is 0. The van der Waals surface area contributed by atoms with Gasteiger partial charge >= 0.3 is 12.3 Å². The quantitative estimate of drug-likeness (QED) is 0.541. The van der Waals surface area contributed by atoms with E-state index >= 15 is 0 Å². The Labute approximate surface area is 182 Å². The van der Waals surface area contributed by atoms with E-state index in [9.17, 15) is 31.2 Å². The van der Waals surface area contributed by atoms with Crippen molar-refractivity contribution in [2.24, 2.45) is 5.92 Å². The highest BCUT2D eigenvalue weighted by atomic mass is 32.2. The normalized spacial score (nSPS) is 12.8. The van der Waals surface area contributed by atoms with Gasteiger partial charge in [0.15, 0.2) is 6.61 Å². The van der Waals surface area contributed by atoms with Crippen LogP contribution in [0.4, 0.5) is 18.9 Å². The lowest BCUT2D eigenvalue weighted by molar-refractivity contribution is -0.274. The zero-order valence-corrected chi connectivity index (χ0v) is 17.9. The molecule has 0 aliphatic rings. The molecule has 1 amide bonds. The Morgan fingerprint density at radius 3 is 2.12 bits per heavy atom. The number of benzene rings is 2. The highest BCUT2D eigenvalue weighted by Crippen LogP contribution is 2.24. The smallest absolute Gasteiger partial charge is 0.454 e. The summed E-state index contributed by atoms with van der Waals surface area (Å²) in [5, 5.41) is 2.34. The molecule has 0 bridgehead atoms. The van der Waals surface area contributed by atoms with Crippen LogP contribution in [-0.4, -0.2) is 39.3 Å². The van der Waals surface area contributed by atoms with Crippen LogP contribution >= 0.6 is 0 Å². The van der Waals surface area contributed by atoms with Gasteiger partial charge in [-0.2, -0.15) is 4.72 Å². The van der Waals surface area contributed by atoms with Gasteiger partial charge in [0.25, 0.3) is 5.91 Å². The first-order valence-corrected chi connectivity index (χ1v) is 10.8. The van der Waals surface area contributed by atoms with Crippen molar-refractivity contribution in [3.8, 4) is 5.75 Å². The summed E-state index contributed by atoms with van der Waals surface area (Å²) in [6, 6.07) is 10.5. The van der Waals surface area contributed by atoms with E-state index < -0.39 is 52.6 Å². The lowest BCUT2D eigenvalue weighted by Gasteiger charge is -2.20.